The fraction of sp³-hybridized carbons (Fsp3) is 0.414. The Kier molecular flexibility index (Phi) is 15.7. The molecule has 4 atom stereocenters. The van der Waals surface area contributed by atoms with Crippen LogP contribution in [-0.4, -0.2) is 82.7 Å². The van der Waals surface area contributed by atoms with E-state index in [1.165, 1.54) is 52.7 Å². The Morgan fingerprint density at radius 1 is 0.595 bits per heavy atom. The van der Waals surface area contributed by atoms with Crippen molar-refractivity contribution < 1.29 is 36.9 Å². The van der Waals surface area contributed by atoms with Crippen molar-refractivity contribution in [3.8, 4) is 22.5 Å². The highest BCUT2D eigenvalue weighted by atomic mass is 35.5. The molecule has 6 aliphatic rings. The Hall–Kier alpha value is -5.69. The van der Waals surface area contributed by atoms with E-state index in [4.69, 9.17) is 85.6 Å². The average Bonchev–Trinajstić information content (AvgIpc) is 4.41. The number of halogens is 5. The number of hydrogen-bond acceptors (Lipinski definition) is 16. The number of aromatic nitrogens is 4. The normalized spacial score (nSPS) is 22.1. The Morgan fingerprint density at radius 2 is 1.05 bits per heavy atom. The van der Waals surface area contributed by atoms with Crippen LogP contribution >= 0.6 is 58.0 Å². The number of ether oxygens (including phenoxy) is 2. The number of carbonyl (C=O) groups is 2. The fourth-order valence-electron chi connectivity index (χ4n) is 11.9. The van der Waals surface area contributed by atoms with E-state index in [9.17, 15) is 9.59 Å². The van der Waals surface area contributed by atoms with Gasteiger partial charge in [-0.15, -0.1) is 0 Å². The number of carbonyl (C=O) groups excluding carboxylic acids is 2. The van der Waals surface area contributed by atoms with Crippen LogP contribution < -0.4 is 20.9 Å². The molecule has 0 amide bonds. The molecule has 8 heterocycles. The average molecular weight is 1170 g/mol. The minimum absolute atomic E-state index is 0.0574. The monoisotopic (exact) mass is 1170 g/mol. The lowest BCUT2D eigenvalue weighted by Crippen LogP contribution is -2.49. The number of methoxy groups -OCH3 is 2. The second-order valence-corrected chi connectivity index (χ2v) is 23.3. The molecule has 4 aromatic heterocycles. The largest absolute Gasteiger partial charge is 0.465 e. The molecule has 2 aliphatic carbocycles. The quantitative estimate of drug-likeness (QED) is 0.0921. The SMILES string of the molecule is COC(=O)c1ccc2nc(Cl)oc2c1.COC(=O)c1ccc2nc(N3C4CCC3CC(NCc3c(-c5c(Cl)cccc5Cl)noc3C3CC3)C4)oc2c1.Clc1cccc(Cl)c1-c1noc(C2CC2)c1CNC1CC2CCC(C1)N2. The minimum Gasteiger partial charge on any atom is -0.465 e. The molecule has 4 saturated heterocycles. The molecule has 0 radical (unpaired) electrons. The first-order valence-corrected chi connectivity index (χ1v) is 28.8. The molecule has 16 nitrogen and oxygen atoms in total. The molecule has 4 unspecified atom stereocenters. The Morgan fingerprint density at radius 3 is 1.52 bits per heavy atom. The number of oxazole rings is 2. The highest BCUT2D eigenvalue weighted by molar-refractivity contribution is 6.39. The maximum Gasteiger partial charge on any atom is 0.337 e. The number of nitrogens with one attached hydrogen (secondary N) is 3. The third kappa shape index (κ3) is 11.5. The zero-order valence-electron chi connectivity index (χ0n) is 43.3. The van der Waals surface area contributed by atoms with E-state index in [1.807, 2.05) is 42.5 Å². The van der Waals surface area contributed by atoms with E-state index in [-0.39, 0.29) is 11.3 Å². The van der Waals surface area contributed by atoms with Crippen molar-refractivity contribution in [1.82, 2.24) is 36.2 Å². The van der Waals surface area contributed by atoms with Crippen LogP contribution in [0.5, 0.6) is 0 Å². The van der Waals surface area contributed by atoms with Gasteiger partial charge in [0.1, 0.15) is 33.9 Å². The van der Waals surface area contributed by atoms with Crippen molar-refractivity contribution in [1.29, 1.82) is 0 Å². The van der Waals surface area contributed by atoms with Gasteiger partial charge in [0.2, 0.25) is 0 Å². The fourth-order valence-corrected chi connectivity index (χ4v) is 13.3. The number of rotatable bonds is 13. The summed E-state index contributed by atoms with van der Waals surface area (Å²) in [7, 11) is 2.69. The maximum absolute atomic E-state index is 11.9. The Bertz CT molecular complexity index is 3490. The highest BCUT2D eigenvalue weighted by Crippen LogP contribution is 2.48. The Labute approximate surface area is 480 Å². The molecule has 2 saturated carbocycles. The topological polar surface area (TPSA) is 196 Å². The lowest BCUT2D eigenvalue weighted by molar-refractivity contribution is 0.0592. The summed E-state index contributed by atoms with van der Waals surface area (Å²) in [6.45, 7) is 1.41. The van der Waals surface area contributed by atoms with Crippen LogP contribution in [0.2, 0.25) is 25.4 Å². The van der Waals surface area contributed by atoms with Crippen LogP contribution in [0.25, 0.3) is 44.7 Å². The predicted molar refractivity (Wildman–Crippen MR) is 303 cm³/mol. The van der Waals surface area contributed by atoms with Crippen LogP contribution in [-0.2, 0) is 22.6 Å². The number of piperidine rings is 2. The van der Waals surface area contributed by atoms with Gasteiger partial charge in [-0.25, -0.2) is 9.59 Å². The van der Waals surface area contributed by atoms with Crippen LogP contribution in [0.15, 0.2) is 90.7 Å². The summed E-state index contributed by atoms with van der Waals surface area (Å²) in [5.41, 5.74) is 8.52. The van der Waals surface area contributed by atoms with Crippen LogP contribution in [0.3, 0.4) is 0 Å². The van der Waals surface area contributed by atoms with E-state index in [1.54, 1.807) is 30.3 Å². The van der Waals surface area contributed by atoms with Gasteiger partial charge in [-0.3, -0.25) is 0 Å². The lowest BCUT2D eigenvalue weighted by Gasteiger charge is -2.38. The summed E-state index contributed by atoms with van der Waals surface area (Å²) in [6, 6.07) is 24.6. The van der Waals surface area contributed by atoms with Crippen LogP contribution in [0.4, 0.5) is 6.01 Å². The summed E-state index contributed by atoms with van der Waals surface area (Å²) in [6.07, 6.45) is 13.7. The summed E-state index contributed by atoms with van der Waals surface area (Å²) in [5.74, 6) is 2.07. The molecule has 79 heavy (non-hydrogen) atoms. The molecule has 0 spiro atoms. The number of nitrogens with zero attached hydrogens (tertiary/aromatic N) is 5. The molecule has 412 valence electrons. The first kappa shape index (κ1) is 53.9. The molecule has 4 bridgehead atoms. The van der Waals surface area contributed by atoms with Gasteiger partial charge in [0, 0.05) is 83.4 Å². The molecular weight excluding hydrogens is 1110 g/mol. The molecule has 14 rings (SSSR count). The summed E-state index contributed by atoms with van der Waals surface area (Å²) >= 11 is 31.5. The first-order valence-electron chi connectivity index (χ1n) is 26.9. The van der Waals surface area contributed by atoms with E-state index >= 15 is 0 Å². The summed E-state index contributed by atoms with van der Waals surface area (Å²) < 4.78 is 32.2. The third-order valence-electron chi connectivity index (χ3n) is 16.1. The van der Waals surface area contributed by atoms with Crippen molar-refractivity contribution >= 4 is 98.2 Å². The number of hydrogen-bond donors (Lipinski definition) is 3. The van der Waals surface area contributed by atoms with Crippen molar-refractivity contribution in [3.05, 3.63) is 132 Å². The van der Waals surface area contributed by atoms with Gasteiger partial charge >= 0.3 is 11.9 Å². The van der Waals surface area contributed by atoms with Crippen molar-refractivity contribution in [2.75, 3.05) is 19.1 Å². The molecular formula is C58H57Cl5N8O8. The van der Waals surface area contributed by atoms with Gasteiger partial charge in [-0.2, -0.15) is 9.97 Å². The molecule has 4 aliphatic heterocycles. The highest BCUT2D eigenvalue weighted by Gasteiger charge is 2.44. The standard InChI is InChI=1S/C29H28Cl2N4O4.C20H23Cl2N3O.C9H6ClNO3/c1-37-28(36)16-7-10-23-24(11-16)38-29(33-23)35-18-8-9-19(35)13-17(12-18)32-14-20-26(34-39-27(20)15-5-6-15)25-21(30)3-2-4-22(25)31;21-16-2-1-3-17(22)18(16)19-15(20(26-25-19)11-4-5-11)10-23-14-8-12-6-7-13(9-14)24-12;1-13-8(12)5-2-3-6-7(4-5)14-9(10)11-6/h2-4,7,10-11,15,17-19,32H,5-6,8-9,12-14H2,1H3;1-3,11-14,23-24H,4-10H2;2-4H,1H3. The van der Waals surface area contributed by atoms with Gasteiger partial charge in [0.05, 0.1) is 45.4 Å². The Balaban J connectivity index is 0.000000133. The van der Waals surface area contributed by atoms with Gasteiger partial charge in [0.25, 0.3) is 11.4 Å². The number of fused-ring (bicyclic) bond motifs is 6. The van der Waals surface area contributed by atoms with Crippen molar-refractivity contribution in [2.24, 2.45) is 0 Å². The summed E-state index contributed by atoms with van der Waals surface area (Å²) in [5, 5.41) is 22.5. The van der Waals surface area contributed by atoms with Crippen LogP contribution in [0, 0.1) is 0 Å². The van der Waals surface area contributed by atoms with E-state index in [0.29, 0.717) is 109 Å². The minimum atomic E-state index is -0.417. The number of anilines is 1. The van der Waals surface area contributed by atoms with Gasteiger partial charge in [0.15, 0.2) is 11.2 Å². The zero-order valence-corrected chi connectivity index (χ0v) is 47.1. The van der Waals surface area contributed by atoms with Crippen molar-refractivity contribution in [3.63, 3.8) is 0 Å². The summed E-state index contributed by atoms with van der Waals surface area (Å²) in [4.78, 5) is 34.1. The van der Waals surface area contributed by atoms with Gasteiger partial charge in [-0.05, 0) is 149 Å². The van der Waals surface area contributed by atoms with Crippen molar-refractivity contribution in [2.45, 2.75) is 138 Å². The van der Waals surface area contributed by atoms with Gasteiger partial charge < -0.3 is 48.2 Å². The number of esters is 2. The molecule has 4 aromatic carbocycles. The third-order valence-corrected chi connectivity index (χ3v) is 17.5. The van der Waals surface area contributed by atoms with Gasteiger partial charge in [-0.1, -0.05) is 68.8 Å². The first-order chi connectivity index (χ1) is 38.4. The molecule has 6 fully saturated rings. The predicted octanol–water partition coefficient (Wildman–Crippen LogP) is 13.9. The second-order valence-electron chi connectivity index (χ2n) is 21.3. The van der Waals surface area contributed by atoms with Crippen LogP contribution in [0.1, 0.15) is 132 Å². The van der Waals surface area contributed by atoms with E-state index < -0.39 is 5.97 Å². The maximum atomic E-state index is 11.9. The lowest BCUT2D eigenvalue weighted by atomic mass is 9.97. The molecule has 21 heteroatoms. The molecule has 8 aromatic rings. The number of benzene rings is 4. The second kappa shape index (κ2) is 23.0. The molecule has 3 N–H and O–H groups in total. The van der Waals surface area contributed by atoms with E-state index in [2.05, 4.69) is 40.9 Å². The zero-order chi connectivity index (χ0) is 54.5. The smallest absolute Gasteiger partial charge is 0.337 e. The van der Waals surface area contributed by atoms with E-state index in [0.717, 1.165) is 95.7 Å².